The standard InChI is InChI=1S/C14H11ClFN3S/c15-7-12-9-20-14(18-12)10-2-3-11(13(16)6-10)8-19-5-1-4-17-19/h1-6,9H,7-8H2. The average molecular weight is 308 g/mol. The summed E-state index contributed by atoms with van der Waals surface area (Å²) in [6, 6.07) is 6.97. The highest BCUT2D eigenvalue weighted by Gasteiger charge is 2.09. The molecular formula is C14H11ClFN3S. The fraction of sp³-hybridized carbons (Fsp3) is 0.143. The Morgan fingerprint density at radius 1 is 1.35 bits per heavy atom. The normalized spacial score (nSPS) is 10.9. The number of thiazole rings is 1. The van der Waals surface area contributed by atoms with Crippen molar-refractivity contribution in [1.82, 2.24) is 14.8 Å². The summed E-state index contributed by atoms with van der Waals surface area (Å²) in [6.45, 7) is 0.421. The van der Waals surface area contributed by atoms with E-state index in [1.165, 1.54) is 17.4 Å². The van der Waals surface area contributed by atoms with E-state index in [2.05, 4.69) is 10.1 Å². The predicted octanol–water partition coefficient (Wildman–Crippen LogP) is 3.93. The molecule has 6 heteroatoms. The molecule has 0 bridgehead atoms. The Hall–Kier alpha value is -1.72. The monoisotopic (exact) mass is 307 g/mol. The Morgan fingerprint density at radius 3 is 2.90 bits per heavy atom. The summed E-state index contributed by atoms with van der Waals surface area (Å²) < 4.78 is 15.8. The van der Waals surface area contributed by atoms with Gasteiger partial charge in [-0.2, -0.15) is 5.10 Å². The fourth-order valence-electron chi connectivity index (χ4n) is 1.88. The molecule has 0 spiro atoms. The van der Waals surface area contributed by atoms with Crippen LogP contribution in [0, 0.1) is 5.82 Å². The number of hydrogen-bond acceptors (Lipinski definition) is 3. The van der Waals surface area contributed by atoms with Crippen LogP contribution in [0.5, 0.6) is 0 Å². The van der Waals surface area contributed by atoms with E-state index in [0.29, 0.717) is 18.0 Å². The van der Waals surface area contributed by atoms with Gasteiger partial charge >= 0.3 is 0 Å². The van der Waals surface area contributed by atoms with E-state index < -0.39 is 0 Å². The van der Waals surface area contributed by atoms with Gasteiger partial charge in [0.15, 0.2) is 0 Å². The third-order valence-electron chi connectivity index (χ3n) is 2.88. The number of halogens is 2. The van der Waals surface area contributed by atoms with Crippen molar-refractivity contribution in [3.8, 4) is 10.6 Å². The minimum atomic E-state index is -0.249. The number of benzene rings is 1. The summed E-state index contributed by atoms with van der Waals surface area (Å²) in [5.41, 5.74) is 2.19. The predicted molar refractivity (Wildman–Crippen MR) is 78.4 cm³/mol. The van der Waals surface area contributed by atoms with Crippen molar-refractivity contribution in [2.45, 2.75) is 12.4 Å². The first-order valence-electron chi connectivity index (χ1n) is 6.03. The molecule has 2 aromatic heterocycles. The van der Waals surface area contributed by atoms with Crippen LogP contribution in [0.3, 0.4) is 0 Å². The van der Waals surface area contributed by atoms with Gasteiger partial charge < -0.3 is 0 Å². The minimum absolute atomic E-state index is 0.249. The van der Waals surface area contributed by atoms with Crippen LogP contribution in [0.15, 0.2) is 42.0 Å². The summed E-state index contributed by atoms with van der Waals surface area (Å²) in [7, 11) is 0. The van der Waals surface area contributed by atoms with Gasteiger partial charge in [0.05, 0.1) is 18.1 Å². The second-order valence-corrected chi connectivity index (χ2v) is 5.41. The highest BCUT2D eigenvalue weighted by molar-refractivity contribution is 7.13. The molecule has 0 fully saturated rings. The lowest BCUT2D eigenvalue weighted by molar-refractivity contribution is 0.585. The Kier molecular flexibility index (Phi) is 3.80. The molecule has 1 aromatic carbocycles. The molecule has 3 nitrogen and oxygen atoms in total. The first kappa shape index (κ1) is 13.3. The summed E-state index contributed by atoms with van der Waals surface area (Å²) in [6.07, 6.45) is 3.48. The van der Waals surface area contributed by atoms with E-state index in [4.69, 9.17) is 11.6 Å². The van der Waals surface area contributed by atoms with Crippen molar-refractivity contribution >= 4 is 22.9 Å². The van der Waals surface area contributed by atoms with Gasteiger partial charge in [0.2, 0.25) is 0 Å². The molecular weight excluding hydrogens is 297 g/mol. The quantitative estimate of drug-likeness (QED) is 0.684. The maximum atomic E-state index is 14.1. The maximum absolute atomic E-state index is 14.1. The van der Waals surface area contributed by atoms with E-state index in [0.717, 1.165) is 16.3 Å². The van der Waals surface area contributed by atoms with Crippen LogP contribution in [0.4, 0.5) is 4.39 Å². The number of nitrogens with zero attached hydrogens (tertiary/aromatic N) is 3. The molecule has 102 valence electrons. The van der Waals surface area contributed by atoms with Gasteiger partial charge in [0.25, 0.3) is 0 Å². The molecule has 0 N–H and O–H groups in total. The molecule has 0 unspecified atom stereocenters. The molecule has 0 saturated heterocycles. The third kappa shape index (κ3) is 2.73. The Morgan fingerprint density at radius 2 is 2.25 bits per heavy atom. The van der Waals surface area contributed by atoms with Gasteiger partial charge in [-0.15, -0.1) is 22.9 Å². The van der Waals surface area contributed by atoms with E-state index in [1.54, 1.807) is 23.1 Å². The van der Waals surface area contributed by atoms with Gasteiger partial charge in [0, 0.05) is 28.9 Å². The fourth-order valence-corrected chi connectivity index (χ4v) is 2.92. The third-order valence-corrected chi connectivity index (χ3v) is 4.09. The molecule has 0 aliphatic rings. The second-order valence-electron chi connectivity index (χ2n) is 4.29. The Balaban J connectivity index is 1.87. The highest BCUT2D eigenvalue weighted by Crippen LogP contribution is 2.26. The lowest BCUT2D eigenvalue weighted by Crippen LogP contribution is -2.02. The number of alkyl halides is 1. The lowest BCUT2D eigenvalue weighted by Gasteiger charge is -2.05. The summed E-state index contributed by atoms with van der Waals surface area (Å²) in [5.74, 6) is 0.122. The zero-order chi connectivity index (χ0) is 13.9. The van der Waals surface area contributed by atoms with Crippen LogP contribution in [0.25, 0.3) is 10.6 Å². The van der Waals surface area contributed by atoms with Gasteiger partial charge in [0.1, 0.15) is 10.8 Å². The molecule has 0 radical (unpaired) electrons. The van der Waals surface area contributed by atoms with Crippen molar-refractivity contribution in [1.29, 1.82) is 0 Å². The number of aromatic nitrogens is 3. The van der Waals surface area contributed by atoms with Crippen LogP contribution in [-0.4, -0.2) is 14.8 Å². The zero-order valence-electron chi connectivity index (χ0n) is 10.5. The van der Waals surface area contributed by atoms with E-state index >= 15 is 0 Å². The van der Waals surface area contributed by atoms with Crippen LogP contribution in [0.1, 0.15) is 11.3 Å². The molecule has 20 heavy (non-hydrogen) atoms. The van der Waals surface area contributed by atoms with Crippen molar-refractivity contribution in [3.63, 3.8) is 0 Å². The zero-order valence-corrected chi connectivity index (χ0v) is 12.0. The van der Waals surface area contributed by atoms with Gasteiger partial charge in [-0.1, -0.05) is 12.1 Å². The molecule has 0 atom stereocenters. The van der Waals surface area contributed by atoms with Gasteiger partial charge in [-0.05, 0) is 12.1 Å². The minimum Gasteiger partial charge on any atom is -0.268 e. The Labute approximate surface area is 124 Å². The first-order chi connectivity index (χ1) is 9.76. The molecule has 0 aliphatic heterocycles. The lowest BCUT2D eigenvalue weighted by atomic mass is 10.1. The van der Waals surface area contributed by atoms with Crippen LogP contribution in [0.2, 0.25) is 0 Å². The van der Waals surface area contributed by atoms with Crippen LogP contribution >= 0.6 is 22.9 Å². The molecule has 0 amide bonds. The Bertz CT molecular complexity index is 709. The molecule has 0 aliphatic carbocycles. The molecule has 3 aromatic rings. The summed E-state index contributed by atoms with van der Waals surface area (Å²) >= 11 is 7.19. The summed E-state index contributed by atoms with van der Waals surface area (Å²) in [4.78, 5) is 4.35. The van der Waals surface area contributed by atoms with Crippen molar-refractivity contribution in [2.24, 2.45) is 0 Å². The second kappa shape index (κ2) is 5.73. The smallest absolute Gasteiger partial charge is 0.128 e. The van der Waals surface area contributed by atoms with Crippen molar-refractivity contribution in [3.05, 3.63) is 59.1 Å². The highest BCUT2D eigenvalue weighted by atomic mass is 35.5. The van der Waals surface area contributed by atoms with Gasteiger partial charge in [-0.3, -0.25) is 4.68 Å². The number of rotatable bonds is 4. The van der Waals surface area contributed by atoms with Gasteiger partial charge in [-0.25, -0.2) is 9.37 Å². The van der Waals surface area contributed by atoms with Crippen molar-refractivity contribution < 1.29 is 4.39 Å². The SMILES string of the molecule is Fc1cc(-c2nc(CCl)cs2)ccc1Cn1cccn1. The first-order valence-corrected chi connectivity index (χ1v) is 7.44. The molecule has 2 heterocycles. The molecule has 0 saturated carbocycles. The number of hydrogen-bond donors (Lipinski definition) is 0. The average Bonchev–Trinajstić information content (AvgIpc) is 3.12. The maximum Gasteiger partial charge on any atom is 0.128 e. The van der Waals surface area contributed by atoms with E-state index in [9.17, 15) is 4.39 Å². The largest absolute Gasteiger partial charge is 0.268 e. The van der Waals surface area contributed by atoms with Crippen LogP contribution < -0.4 is 0 Å². The summed E-state index contributed by atoms with van der Waals surface area (Å²) in [5, 5.41) is 6.74. The van der Waals surface area contributed by atoms with Crippen molar-refractivity contribution in [2.75, 3.05) is 0 Å². The molecule has 3 rings (SSSR count). The van der Waals surface area contributed by atoms with E-state index in [-0.39, 0.29) is 5.82 Å². The van der Waals surface area contributed by atoms with E-state index in [1.807, 2.05) is 17.5 Å². The topological polar surface area (TPSA) is 30.7 Å². The van der Waals surface area contributed by atoms with Crippen LogP contribution in [-0.2, 0) is 12.4 Å².